The molecule has 0 unspecified atom stereocenters. The van der Waals surface area contributed by atoms with Crippen molar-refractivity contribution in [1.29, 1.82) is 0 Å². The molecule has 0 aliphatic rings. The summed E-state index contributed by atoms with van der Waals surface area (Å²) < 4.78 is 7.04. The van der Waals surface area contributed by atoms with Gasteiger partial charge in [-0.05, 0) is 61.0 Å². The van der Waals surface area contributed by atoms with Crippen LogP contribution in [-0.2, 0) is 11.3 Å². The number of hydrogen-bond donors (Lipinski definition) is 1. The van der Waals surface area contributed by atoms with E-state index in [-0.39, 0.29) is 17.2 Å². The van der Waals surface area contributed by atoms with E-state index in [1.807, 2.05) is 61.5 Å². The fourth-order valence-electron chi connectivity index (χ4n) is 3.32. The monoisotopic (exact) mass is 479 g/mol. The average Bonchev–Trinajstić information content (AvgIpc) is 2.82. The van der Waals surface area contributed by atoms with Gasteiger partial charge in [-0.2, -0.15) is 0 Å². The lowest BCUT2D eigenvalue weighted by Crippen LogP contribution is -2.26. The van der Waals surface area contributed by atoms with E-state index in [0.717, 1.165) is 11.3 Å². The number of aromatic nitrogens is 2. The predicted octanol–water partition coefficient (Wildman–Crippen LogP) is 4.85. The number of amides is 1. The van der Waals surface area contributed by atoms with Gasteiger partial charge < -0.3 is 10.1 Å². The highest BCUT2D eigenvalue weighted by atomic mass is 35.5. The van der Waals surface area contributed by atoms with Crippen LogP contribution in [0, 0.1) is 0 Å². The molecule has 6 nitrogen and oxygen atoms in total. The average molecular weight is 480 g/mol. The van der Waals surface area contributed by atoms with Gasteiger partial charge >= 0.3 is 0 Å². The number of halogens is 1. The molecular formula is C25H22ClN3O3S. The normalized spacial score (nSPS) is 10.8. The second-order valence-electron chi connectivity index (χ2n) is 7.17. The topological polar surface area (TPSA) is 73.2 Å². The van der Waals surface area contributed by atoms with Crippen molar-refractivity contribution in [3.63, 3.8) is 0 Å². The highest BCUT2D eigenvalue weighted by Gasteiger charge is 2.15. The molecule has 0 atom stereocenters. The molecule has 168 valence electrons. The van der Waals surface area contributed by atoms with Crippen LogP contribution >= 0.6 is 23.4 Å². The Morgan fingerprint density at radius 3 is 2.64 bits per heavy atom. The summed E-state index contributed by atoms with van der Waals surface area (Å²) in [5.41, 5.74) is 1.97. The number of nitrogens with zero attached hydrogens (tertiary/aromatic N) is 2. The third kappa shape index (κ3) is 5.56. The van der Waals surface area contributed by atoms with Crippen LogP contribution in [0.2, 0.25) is 5.02 Å². The molecule has 8 heteroatoms. The van der Waals surface area contributed by atoms with Crippen molar-refractivity contribution in [1.82, 2.24) is 14.9 Å². The van der Waals surface area contributed by atoms with Crippen LogP contribution in [0.1, 0.15) is 12.5 Å². The van der Waals surface area contributed by atoms with E-state index in [9.17, 15) is 9.59 Å². The summed E-state index contributed by atoms with van der Waals surface area (Å²) in [6.07, 6.45) is 0. The quantitative estimate of drug-likeness (QED) is 0.289. The lowest BCUT2D eigenvalue weighted by molar-refractivity contribution is -0.118. The van der Waals surface area contributed by atoms with Crippen molar-refractivity contribution in [2.75, 3.05) is 12.4 Å². The molecule has 1 heterocycles. The molecule has 0 aliphatic carbocycles. The van der Waals surface area contributed by atoms with Crippen molar-refractivity contribution in [3.8, 4) is 11.4 Å². The minimum absolute atomic E-state index is 0.113. The van der Waals surface area contributed by atoms with Crippen molar-refractivity contribution < 1.29 is 9.53 Å². The Bertz CT molecular complexity index is 1340. The molecular weight excluding hydrogens is 458 g/mol. The molecule has 0 fully saturated rings. The van der Waals surface area contributed by atoms with E-state index < -0.39 is 0 Å². The Morgan fingerprint density at radius 2 is 1.88 bits per heavy atom. The summed E-state index contributed by atoms with van der Waals surface area (Å²) in [5.74, 6) is 0.667. The summed E-state index contributed by atoms with van der Waals surface area (Å²) in [6.45, 7) is 2.84. The maximum absolute atomic E-state index is 13.3. The largest absolute Gasteiger partial charge is 0.494 e. The number of carbonyl (C=O) groups excluding carboxylic acids is 1. The molecule has 33 heavy (non-hydrogen) atoms. The van der Waals surface area contributed by atoms with E-state index in [4.69, 9.17) is 16.3 Å². The Morgan fingerprint density at radius 1 is 1.09 bits per heavy atom. The smallest absolute Gasteiger partial charge is 0.266 e. The molecule has 0 bridgehead atoms. The van der Waals surface area contributed by atoms with Gasteiger partial charge in [0.15, 0.2) is 5.16 Å². The summed E-state index contributed by atoms with van der Waals surface area (Å²) in [6, 6.07) is 21.8. The number of thioether (sulfide) groups is 1. The third-order valence-corrected chi connectivity index (χ3v) is 6.04. The van der Waals surface area contributed by atoms with Gasteiger partial charge in [-0.1, -0.05) is 47.6 Å². The van der Waals surface area contributed by atoms with Crippen LogP contribution in [0.15, 0.2) is 82.7 Å². The first kappa shape index (κ1) is 22.9. The lowest BCUT2D eigenvalue weighted by atomic mass is 10.2. The number of fused-ring (bicyclic) bond motifs is 1. The first-order valence-electron chi connectivity index (χ1n) is 10.4. The van der Waals surface area contributed by atoms with Gasteiger partial charge in [0, 0.05) is 11.6 Å². The van der Waals surface area contributed by atoms with Gasteiger partial charge in [0.05, 0.1) is 29.0 Å². The summed E-state index contributed by atoms with van der Waals surface area (Å²) >= 11 is 7.22. The van der Waals surface area contributed by atoms with E-state index in [1.165, 1.54) is 16.3 Å². The zero-order valence-corrected chi connectivity index (χ0v) is 19.5. The number of para-hydroxylation sites is 1. The van der Waals surface area contributed by atoms with E-state index >= 15 is 0 Å². The van der Waals surface area contributed by atoms with Crippen molar-refractivity contribution in [2.24, 2.45) is 0 Å². The number of nitrogens with one attached hydrogen (secondary N) is 1. The van der Waals surface area contributed by atoms with E-state index in [1.54, 1.807) is 18.2 Å². The number of rotatable bonds is 8. The van der Waals surface area contributed by atoms with Gasteiger partial charge in [0.2, 0.25) is 5.91 Å². The van der Waals surface area contributed by atoms with Gasteiger partial charge in [0.25, 0.3) is 5.56 Å². The molecule has 1 N–H and O–H groups in total. The lowest BCUT2D eigenvalue weighted by Gasteiger charge is -2.14. The Labute approximate surface area is 200 Å². The summed E-state index contributed by atoms with van der Waals surface area (Å²) in [4.78, 5) is 30.5. The minimum Gasteiger partial charge on any atom is -0.494 e. The van der Waals surface area contributed by atoms with Crippen LogP contribution in [0.25, 0.3) is 16.6 Å². The van der Waals surface area contributed by atoms with Crippen LogP contribution in [0.3, 0.4) is 0 Å². The molecule has 0 radical (unpaired) electrons. The van der Waals surface area contributed by atoms with Crippen molar-refractivity contribution in [3.05, 3.63) is 93.7 Å². The zero-order valence-electron chi connectivity index (χ0n) is 18.0. The minimum atomic E-state index is -0.188. The second-order valence-corrected chi connectivity index (χ2v) is 8.55. The predicted molar refractivity (Wildman–Crippen MR) is 133 cm³/mol. The zero-order chi connectivity index (χ0) is 23.2. The maximum atomic E-state index is 13.3. The van der Waals surface area contributed by atoms with Crippen molar-refractivity contribution in [2.45, 2.75) is 18.6 Å². The molecule has 0 saturated heterocycles. The molecule has 4 aromatic rings. The van der Waals surface area contributed by atoms with E-state index in [2.05, 4.69) is 10.3 Å². The molecule has 1 aromatic heterocycles. The fraction of sp³-hybridized carbons (Fsp3) is 0.160. The van der Waals surface area contributed by atoms with Crippen LogP contribution in [0.4, 0.5) is 0 Å². The van der Waals surface area contributed by atoms with E-state index in [0.29, 0.717) is 39.9 Å². The highest BCUT2D eigenvalue weighted by Crippen LogP contribution is 2.23. The first-order chi connectivity index (χ1) is 16.0. The van der Waals surface area contributed by atoms with Gasteiger partial charge in [0.1, 0.15) is 5.75 Å². The van der Waals surface area contributed by atoms with Crippen LogP contribution in [-0.4, -0.2) is 27.8 Å². The molecule has 1 amide bonds. The van der Waals surface area contributed by atoms with Gasteiger partial charge in [-0.25, -0.2) is 4.98 Å². The summed E-state index contributed by atoms with van der Waals surface area (Å²) in [5, 5.41) is 4.46. The Kier molecular flexibility index (Phi) is 7.32. The van der Waals surface area contributed by atoms with Crippen LogP contribution in [0.5, 0.6) is 5.75 Å². The maximum Gasteiger partial charge on any atom is 0.266 e. The SMILES string of the molecule is CCOc1ccc(-n2c(SCC(=O)NCc3cccc(Cl)c3)nc3ccccc3c2=O)cc1. The third-order valence-electron chi connectivity index (χ3n) is 4.86. The molecule has 4 rings (SSSR count). The Balaban J connectivity index is 1.58. The summed E-state index contributed by atoms with van der Waals surface area (Å²) in [7, 11) is 0. The first-order valence-corrected chi connectivity index (χ1v) is 11.8. The second kappa shape index (κ2) is 10.6. The standard InChI is InChI=1S/C25H22ClN3O3S/c1-2-32-20-12-10-19(11-13-20)29-24(31)21-8-3-4-9-22(21)28-25(29)33-16-23(30)27-15-17-6-5-7-18(26)14-17/h3-14H,2,15-16H2,1H3,(H,27,30). The highest BCUT2D eigenvalue weighted by molar-refractivity contribution is 7.99. The molecule has 0 spiro atoms. The number of carbonyl (C=O) groups is 1. The molecule has 0 aliphatic heterocycles. The number of ether oxygens (including phenoxy) is 1. The Hall–Kier alpha value is -3.29. The fourth-order valence-corrected chi connectivity index (χ4v) is 4.38. The molecule has 0 saturated carbocycles. The van der Waals surface area contributed by atoms with Gasteiger partial charge in [-0.15, -0.1) is 0 Å². The van der Waals surface area contributed by atoms with Crippen LogP contribution < -0.4 is 15.6 Å². The number of hydrogen-bond acceptors (Lipinski definition) is 5. The van der Waals surface area contributed by atoms with Crippen molar-refractivity contribution >= 4 is 40.2 Å². The molecule has 3 aromatic carbocycles. The number of benzene rings is 3. The van der Waals surface area contributed by atoms with Gasteiger partial charge in [-0.3, -0.25) is 14.2 Å².